The van der Waals surface area contributed by atoms with Gasteiger partial charge in [-0.15, -0.1) is 0 Å². The number of ether oxygens (including phenoxy) is 1. The van der Waals surface area contributed by atoms with Crippen molar-refractivity contribution >= 4 is 26.9 Å². The summed E-state index contributed by atoms with van der Waals surface area (Å²) in [7, 11) is -1.84. The zero-order chi connectivity index (χ0) is 22.5. The molecule has 2 bridgehead atoms. The maximum atomic E-state index is 13.8. The number of anilines is 1. The first-order valence-corrected chi connectivity index (χ1v) is 12.1. The molecule has 1 N–H and O–H groups in total. The number of phenolic OH excluding ortho intramolecular Hbond substituents is 1. The van der Waals surface area contributed by atoms with Gasteiger partial charge in [-0.25, -0.2) is 8.42 Å². The summed E-state index contributed by atoms with van der Waals surface area (Å²) in [5, 5.41) is 13.3. The Kier molecular flexibility index (Phi) is 5.06. The highest BCUT2D eigenvalue weighted by molar-refractivity contribution is 7.93. The van der Waals surface area contributed by atoms with Crippen molar-refractivity contribution in [3.63, 3.8) is 0 Å². The number of para-hydroxylation sites is 1. The summed E-state index contributed by atoms with van der Waals surface area (Å²) < 4.78 is 37.1. The lowest BCUT2D eigenvalue weighted by Gasteiger charge is -2.30. The molecule has 3 unspecified atom stereocenters. The highest BCUT2D eigenvalue weighted by atomic mass is 32.2. The Morgan fingerprint density at radius 2 is 1.81 bits per heavy atom. The van der Waals surface area contributed by atoms with Crippen LogP contribution in [0.5, 0.6) is 5.75 Å². The predicted octanol–water partition coefficient (Wildman–Crippen LogP) is 3.43. The first kappa shape index (κ1) is 20.8. The number of hydrogen-bond donors (Lipinski definition) is 1. The molecule has 0 aliphatic carbocycles. The van der Waals surface area contributed by atoms with Crippen LogP contribution in [0.3, 0.4) is 0 Å². The summed E-state index contributed by atoms with van der Waals surface area (Å²) >= 11 is 0. The average molecular weight is 452 g/mol. The predicted molar refractivity (Wildman–Crippen MR) is 124 cm³/mol. The van der Waals surface area contributed by atoms with Gasteiger partial charge < -0.3 is 9.84 Å². The van der Waals surface area contributed by atoms with E-state index in [9.17, 15) is 13.5 Å². The first-order valence-electron chi connectivity index (χ1n) is 10.6. The highest BCUT2D eigenvalue weighted by Gasteiger charge is 2.54. The van der Waals surface area contributed by atoms with E-state index in [2.05, 4.69) is 5.10 Å². The summed E-state index contributed by atoms with van der Waals surface area (Å²) in [6.07, 6.45) is 3.09. The van der Waals surface area contributed by atoms with Gasteiger partial charge in [-0.2, -0.15) is 5.10 Å². The third-order valence-electron chi connectivity index (χ3n) is 6.21. The number of phenols is 1. The molecule has 3 atom stereocenters. The summed E-state index contributed by atoms with van der Waals surface area (Å²) in [5.41, 5.74) is 4.25. The molecule has 8 heteroatoms. The summed E-state index contributed by atoms with van der Waals surface area (Å²) in [6.45, 7) is 2.19. The Balaban J connectivity index is 1.60. The Hall–Kier alpha value is -3.10. The number of benzene rings is 2. The smallest absolute Gasteiger partial charge is 0.241 e. The van der Waals surface area contributed by atoms with Gasteiger partial charge in [0, 0.05) is 25.4 Å². The fraction of sp³-hybridized carbons (Fsp3) is 0.292. The second kappa shape index (κ2) is 7.79. The number of sulfonamides is 1. The van der Waals surface area contributed by atoms with Gasteiger partial charge in [-0.3, -0.25) is 8.99 Å². The summed E-state index contributed by atoms with van der Waals surface area (Å²) in [6, 6.07) is 16.1. The van der Waals surface area contributed by atoms with Gasteiger partial charge in [0.05, 0.1) is 18.0 Å². The standard InChI is InChI=1S/C24H25N3O4S/c1-3-27(18-7-5-4-6-8-18)32(29,30)21-13-20-22(16-9-11-19(28)12-10-16)23(24(21)31-20)17-14-25-26(2)15-17/h4-12,14-15,20-21,24,28H,3,13H2,1-2H3. The number of aromatic nitrogens is 2. The minimum Gasteiger partial charge on any atom is -0.508 e. The van der Waals surface area contributed by atoms with E-state index in [-0.39, 0.29) is 11.9 Å². The molecule has 0 saturated carbocycles. The van der Waals surface area contributed by atoms with Crippen LogP contribution < -0.4 is 4.31 Å². The molecule has 32 heavy (non-hydrogen) atoms. The van der Waals surface area contributed by atoms with E-state index >= 15 is 0 Å². The molecule has 3 aromatic rings. The minimum absolute atomic E-state index is 0.184. The summed E-state index contributed by atoms with van der Waals surface area (Å²) in [5.74, 6) is 0.184. The zero-order valence-corrected chi connectivity index (χ0v) is 18.7. The number of aryl methyl sites for hydroxylation is 1. The van der Waals surface area contributed by atoms with Crippen molar-refractivity contribution in [3.05, 3.63) is 78.1 Å². The third kappa shape index (κ3) is 3.30. The normalized spacial score (nSPS) is 22.5. The molecule has 7 nitrogen and oxygen atoms in total. The minimum atomic E-state index is -3.67. The Bertz CT molecular complexity index is 1270. The van der Waals surface area contributed by atoms with Gasteiger partial charge in [0.2, 0.25) is 10.0 Å². The van der Waals surface area contributed by atoms with Crippen LogP contribution in [0, 0.1) is 0 Å². The molecule has 2 aromatic carbocycles. The third-order valence-corrected chi connectivity index (χ3v) is 8.50. The molecule has 1 fully saturated rings. The zero-order valence-electron chi connectivity index (χ0n) is 17.9. The number of nitrogens with zero attached hydrogens (tertiary/aromatic N) is 3. The lowest BCUT2D eigenvalue weighted by Crippen LogP contribution is -2.43. The van der Waals surface area contributed by atoms with Crippen LogP contribution in [0.4, 0.5) is 5.69 Å². The largest absolute Gasteiger partial charge is 0.508 e. The SMILES string of the molecule is CCN(c1ccccc1)S(=O)(=O)C1CC2OC1C(c1cnn(C)c1)=C2c1ccc(O)cc1. The topological polar surface area (TPSA) is 84.7 Å². The second-order valence-electron chi connectivity index (χ2n) is 8.14. The maximum Gasteiger partial charge on any atom is 0.241 e. The fourth-order valence-electron chi connectivity index (χ4n) is 4.83. The molecule has 0 amide bonds. The van der Waals surface area contributed by atoms with Crippen LogP contribution in [0.15, 0.2) is 67.0 Å². The van der Waals surface area contributed by atoms with Gasteiger partial charge in [-0.05, 0) is 54.3 Å². The first-order chi connectivity index (χ1) is 15.4. The molecular formula is C24H25N3O4S. The van der Waals surface area contributed by atoms with E-state index in [1.807, 2.05) is 62.6 Å². The van der Waals surface area contributed by atoms with E-state index in [0.717, 1.165) is 22.3 Å². The quantitative estimate of drug-likeness (QED) is 0.621. The van der Waals surface area contributed by atoms with Crippen molar-refractivity contribution in [2.24, 2.45) is 7.05 Å². The molecule has 2 aliphatic rings. The van der Waals surface area contributed by atoms with Crippen molar-refractivity contribution in [2.75, 3.05) is 10.8 Å². The van der Waals surface area contributed by atoms with Crippen LogP contribution in [0.1, 0.15) is 24.5 Å². The number of rotatable bonds is 6. The molecular weight excluding hydrogens is 426 g/mol. The van der Waals surface area contributed by atoms with E-state index in [0.29, 0.717) is 18.7 Å². The van der Waals surface area contributed by atoms with Gasteiger partial charge >= 0.3 is 0 Å². The van der Waals surface area contributed by atoms with Crippen LogP contribution in [-0.2, 0) is 21.8 Å². The summed E-state index contributed by atoms with van der Waals surface area (Å²) in [4.78, 5) is 0. The van der Waals surface area contributed by atoms with Crippen molar-refractivity contribution in [1.29, 1.82) is 0 Å². The molecule has 1 aromatic heterocycles. The highest BCUT2D eigenvalue weighted by Crippen LogP contribution is 2.51. The molecule has 0 radical (unpaired) electrons. The molecule has 3 heterocycles. The van der Waals surface area contributed by atoms with Crippen molar-refractivity contribution in [1.82, 2.24) is 9.78 Å². The van der Waals surface area contributed by atoms with Gasteiger partial charge in [0.1, 0.15) is 17.1 Å². The van der Waals surface area contributed by atoms with Gasteiger partial charge in [0.15, 0.2) is 0 Å². The maximum absolute atomic E-state index is 13.8. The Morgan fingerprint density at radius 1 is 1.09 bits per heavy atom. The van der Waals surface area contributed by atoms with Crippen molar-refractivity contribution in [2.45, 2.75) is 30.8 Å². The Morgan fingerprint density at radius 3 is 2.44 bits per heavy atom. The van der Waals surface area contributed by atoms with Crippen LogP contribution in [-0.4, -0.2) is 47.3 Å². The second-order valence-corrected chi connectivity index (χ2v) is 10.2. The Labute approximate surface area is 187 Å². The van der Waals surface area contributed by atoms with Crippen molar-refractivity contribution in [3.8, 4) is 5.75 Å². The number of aromatic hydroxyl groups is 1. The fourth-order valence-corrected chi connectivity index (χ4v) is 6.86. The molecule has 166 valence electrons. The van der Waals surface area contributed by atoms with Gasteiger partial charge in [0.25, 0.3) is 0 Å². The molecule has 5 rings (SSSR count). The van der Waals surface area contributed by atoms with E-state index in [1.165, 1.54) is 4.31 Å². The van der Waals surface area contributed by atoms with E-state index in [1.54, 1.807) is 23.0 Å². The van der Waals surface area contributed by atoms with Crippen LogP contribution in [0.25, 0.3) is 11.1 Å². The van der Waals surface area contributed by atoms with Gasteiger partial charge in [-0.1, -0.05) is 30.3 Å². The average Bonchev–Trinajstić information content (AvgIpc) is 3.50. The van der Waals surface area contributed by atoms with E-state index in [4.69, 9.17) is 4.74 Å². The lowest BCUT2D eigenvalue weighted by atomic mass is 9.84. The van der Waals surface area contributed by atoms with Crippen molar-refractivity contribution < 1.29 is 18.3 Å². The lowest BCUT2D eigenvalue weighted by molar-refractivity contribution is 0.128. The molecule has 1 saturated heterocycles. The monoisotopic (exact) mass is 451 g/mol. The van der Waals surface area contributed by atoms with Crippen LogP contribution >= 0.6 is 0 Å². The number of hydrogen-bond acceptors (Lipinski definition) is 5. The molecule has 0 spiro atoms. The molecule has 2 aliphatic heterocycles. The van der Waals surface area contributed by atoms with E-state index < -0.39 is 21.4 Å². The number of fused-ring (bicyclic) bond motifs is 2. The van der Waals surface area contributed by atoms with Crippen LogP contribution in [0.2, 0.25) is 0 Å².